The maximum absolute atomic E-state index is 13.7. The lowest BCUT2D eigenvalue weighted by molar-refractivity contribution is -0.151. The highest BCUT2D eigenvalue weighted by Gasteiger charge is 2.31. The Morgan fingerprint density at radius 2 is 1.97 bits per heavy atom. The molecule has 34 heavy (non-hydrogen) atoms. The lowest BCUT2D eigenvalue weighted by Crippen LogP contribution is -2.51. The maximum Gasteiger partial charge on any atom is 0.253 e. The number of phenolic OH excluding ortho intramolecular Hbond substituents is 1. The molecule has 7 nitrogen and oxygen atoms in total. The Bertz CT molecular complexity index is 999. The maximum atomic E-state index is 13.7. The number of para-hydroxylation sites is 1. The Labute approximate surface area is 200 Å². The van der Waals surface area contributed by atoms with Gasteiger partial charge < -0.3 is 24.2 Å². The third kappa shape index (κ3) is 5.98. The largest absolute Gasteiger partial charge is 0.505 e. The van der Waals surface area contributed by atoms with Gasteiger partial charge in [-0.05, 0) is 29.7 Å². The van der Waals surface area contributed by atoms with E-state index in [0.29, 0.717) is 63.9 Å². The summed E-state index contributed by atoms with van der Waals surface area (Å²) < 4.78 is 31.1. The molecular formula is C26H33FN2O5. The van der Waals surface area contributed by atoms with E-state index < -0.39 is 11.9 Å². The summed E-state index contributed by atoms with van der Waals surface area (Å²) in [4.78, 5) is 17.4. The van der Waals surface area contributed by atoms with Crippen LogP contribution in [0.1, 0.15) is 31.4 Å². The Kier molecular flexibility index (Phi) is 7.90. The smallest absolute Gasteiger partial charge is 0.253 e. The molecule has 1 fully saturated rings. The van der Waals surface area contributed by atoms with Crippen LogP contribution >= 0.6 is 0 Å². The summed E-state index contributed by atoms with van der Waals surface area (Å²) in [5, 5.41) is 10.0. The number of carbonyl (C=O) groups excluding carboxylic acids is 1. The predicted molar refractivity (Wildman–Crippen MR) is 125 cm³/mol. The number of ether oxygens (including phenoxy) is 3. The minimum atomic E-state index is -0.642. The van der Waals surface area contributed by atoms with Crippen molar-refractivity contribution in [1.29, 1.82) is 0 Å². The van der Waals surface area contributed by atoms with Crippen LogP contribution in [0.4, 0.5) is 4.39 Å². The number of rotatable bonds is 7. The monoisotopic (exact) mass is 472 g/mol. The van der Waals surface area contributed by atoms with Crippen LogP contribution in [0, 0.1) is 11.7 Å². The van der Waals surface area contributed by atoms with E-state index in [-0.39, 0.29) is 17.6 Å². The van der Waals surface area contributed by atoms with Crippen molar-refractivity contribution in [2.45, 2.75) is 39.5 Å². The Balaban J connectivity index is 1.45. The van der Waals surface area contributed by atoms with Crippen LogP contribution in [0.25, 0.3) is 0 Å². The molecule has 1 saturated heterocycles. The average molecular weight is 473 g/mol. The third-order valence-electron chi connectivity index (χ3n) is 5.97. The fourth-order valence-corrected chi connectivity index (χ4v) is 4.33. The highest BCUT2D eigenvalue weighted by molar-refractivity contribution is 5.81. The topological polar surface area (TPSA) is 71.5 Å². The van der Waals surface area contributed by atoms with E-state index in [9.17, 15) is 14.3 Å². The quantitative estimate of drug-likeness (QED) is 0.664. The Morgan fingerprint density at radius 1 is 1.18 bits per heavy atom. The van der Waals surface area contributed by atoms with Crippen LogP contribution in [0.5, 0.6) is 17.2 Å². The first kappa shape index (κ1) is 24.3. The molecule has 2 aromatic carbocycles. The first-order chi connectivity index (χ1) is 16.4. The number of aromatic hydroxyl groups is 1. The second kappa shape index (κ2) is 11.1. The molecule has 1 unspecified atom stereocenters. The molecule has 4 rings (SSSR count). The average Bonchev–Trinajstić information content (AvgIpc) is 3.06. The van der Waals surface area contributed by atoms with E-state index in [1.165, 1.54) is 6.07 Å². The fraction of sp³-hybridized carbons (Fsp3) is 0.500. The molecule has 0 aliphatic carbocycles. The van der Waals surface area contributed by atoms with Gasteiger partial charge in [-0.1, -0.05) is 32.0 Å². The van der Waals surface area contributed by atoms with E-state index in [0.717, 1.165) is 17.7 Å². The van der Waals surface area contributed by atoms with Gasteiger partial charge in [-0.3, -0.25) is 9.69 Å². The zero-order valence-electron chi connectivity index (χ0n) is 19.8. The standard InChI is InChI=1S/C26H33FN2O5/c1-18(2)14-29(15-19-7-8-22-23(13-19)33-11-4-10-32-22)26(31)24-17-28(9-12-34-24)16-20-5-3-6-21(27)25(20)30/h3,5-8,13,18,24,30H,4,9-12,14-17H2,1-2H3. The molecule has 0 spiro atoms. The van der Waals surface area contributed by atoms with Gasteiger partial charge in [-0.2, -0.15) is 0 Å². The molecule has 184 valence electrons. The summed E-state index contributed by atoms with van der Waals surface area (Å²) in [7, 11) is 0. The highest BCUT2D eigenvalue weighted by Crippen LogP contribution is 2.31. The summed E-state index contributed by atoms with van der Waals surface area (Å²) in [6.07, 6.45) is 0.217. The Hall–Kier alpha value is -2.84. The van der Waals surface area contributed by atoms with Crippen LogP contribution in [-0.2, 0) is 22.6 Å². The lowest BCUT2D eigenvalue weighted by atomic mass is 10.1. The number of morpholine rings is 1. The van der Waals surface area contributed by atoms with Gasteiger partial charge in [0.1, 0.15) is 6.10 Å². The molecule has 8 heteroatoms. The molecular weight excluding hydrogens is 439 g/mol. The van der Waals surface area contributed by atoms with Crippen LogP contribution in [0.15, 0.2) is 36.4 Å². The van der Waals surface area contributed by atoms with Crippen LogP contribution in [-0.4, -0.2) is 66.4 Å². The van der Waals surface area contributed by atoms with E-state index in [1.807, 2.05) is 28.0 Å². The van der Waals surface area contributed by atoms with Crippen molar-refractivity contribution < 1.29 is 28.5 Å². The highest BCUT2D eigenvalue weighted by atomic mass is 19.1. The van der Waals surface area contributed by atoms with Crippen molar-refractivity contribution in [3.8, 4) is 17.2 Å². The third-order valence-corrected chi connectivity index (χ3v) is 5.97. The van der Waals surface area contributed by atoms with Gasteiger partial charge in [0, 0.05) is 44.7 Å². The molecule has 2 aliphatic rings. The second-order valence-electron chi connectivity index (χ2n) is 9.29. The van der Waals surface area contributed by atoms with Crippen molar-refractivity contribution in [3.63, 3.8) is 0 Å². The van der Waals surface area contributed by atoms with E-state index in [1.54, 1.807) is 12.1 Å². The van der Waals surface area contributed by atoms with Crippen molar-refractivity contribution in [2.24, 2.45) is 5.92 Å². The van der Waals surface area contributed by atoms with Crippen LogP contribution in [0.3, 0.4) is 0 Å². The molecule has 2 heterocycles. The molecule has 1 atom stereocenters. The first-order valence-corrected chi connectivity index (χ1v) is 11.9. The molecule has 1 amide bonds. The molecule has 0 radical (unpaired) electrons. The number of hydrogen-bond donors (Lipinski definition) is 1. The van der Waals surface area contributed by atoms with Gasteiger partial charge in [-0.15, -0.1) is 0 Å². The van der Waals surface area contributed by atoms with E-state index in [2.05, 4.69) is 13.8 Å². The summed E-state index contributed by atoms with van der Waals surface area (Å²) in [5.74, 6) is 0.670. The Morgan fingerprint density at radius 3 is 2.76 bits per heavy atom. The van der Waals surface area contributed by atoms with Crippen LogP contribution in [0.2, 0.25) is 0 Å². The number of amides is 1. The van der Waals surface area contributed by atoms with Gasteiger partial charge in [0.2, 0.25) is 0 Å². The van der Waals surface area contributed by atoms with Crippen molar-refractivity contribution in [2.75, 3.05) is 39.5 Å². The number of hydrogen-bond acceptors (Lipinski definition) is 6. The molecule has 0 saturated carbocycles. The number of fused-ring (bicyclic) bond motifs is 1. The number of halogens is 1. The number of phenols is 1. The van der Waals surface area contributed by atoms with E-state index >= 15 is 0 Å². The summed E-state index contributed by atoms with van der Waals surface area (Å²) in [5.41, 5.74) is 1.47. The zero-order valence-corrected chi connectivity index (χ0v) is 19.8. The molecule has 1 N–H and O–H groups in total. The van der Waals surface area contributed by atoms with Gasteiger partial charge in [0.25, 0.3) is 5.91 Å². The predicted octanol–water partition coefficient (Wildman–Crippen LogP) is 3.58. The minimum Gasteiger partial charge on any atom is -0.505 e. The zero-order chi connectivity index (χ0) is 24.1. The number of carbonyl (C=O) groups is 1. The second-order valence-corrected chi connectivity index (χ2v) is 9.29. The van der Waals surface area contributed by atoms with Crippen molar-refractivity contribution in [1.82, 2.24) is 9.80 Å². The van der Waals surface area contributed by atoms with Gasteiger partial charge in [0.15, 0.2) is 23.1 Å². The molecule has 2 aliphatic heterocycles. The summed E-state index contributed by atoms with van der Waals surface area (Å²) in [6.45, 7) is 8.16. The minimum absolute atomic E-state index is 0.0750. The van der Waals surface area contributed by atoms with E-state index in [4.69, 9.17) is 14.2 Å². The summed E-state index contributed by atoms with van der Waals surface area (Å²) >= 11 is 0. The summed E-state index contributed by atoms with van der Waals surface area (Å²) in [6, 6.07) is 10.3. The van der Waals surface area contributed by atoms with Crippen molar-refractivity contribution in [3.05, 3.63) is 53.3 Å². The normalized spacial score (nSPS) is 18.5. The fourth-order valence-electron chi connectivity index (χ4n) is 4.33. The van der Waals surface area contributed by atoms with Gasteiger partial charge >= 0.3 is 0 Å². The lowest BCUT2D eigenvalue weighted by Gasteiger charge is -2.35. The molecule has 0 bridgehead atoms. The van der Waals surface area contributed by atoms with Crippen LogP contribution < -0.4 is 9.47 Å². The molecule has 0 aromatic heterocycles. The van der Waals surface area contributed by atoms with Crippen molar-refractivity contribution >= 4 is 5.91 Å². The number of benzene rings is 2. The SMILES string of the molecule is CC(C)CN(Cc1ccc2c(c1)OCCCO2)C(=O)C1CN(Cc2cccc(F)c2O)CCO1. The molecule has 2 aromatic rings. The number of nitrogens with zero attached hydrogens (tertiary/aromatic N) is 2. The van der Waals surface area contributed by atoms with Gasteiger partial charge in [0.05, 0.1) is 19.8 Å². The first-order valence-electron chi connectivity index (χ1n) is 11.9. The van der Waals surface area contributed by atoms with Gasteiger partial charge in [-0.25, -0.2) is 4.39 Å².